The third kappa shape index (κ3) is 2.64. The lowest BCUT2D eigenvalue weighted by Crippen LogP contribution is -2.12. The quantitative estimate of drug-likeness (QED) is 0.811. The summed E-state index contributed by atoms with van der Waals surface area (Å²) in [7, 11) is 1.72. The van der Waals surface area contributed by atoms with Crippen molar-refractivity contribution in [3.63, 3.8) is 0 Å². The number of hydrogen-bond donors (Lipinski definition) is 0. The van der Waals surface area contributed by atoms with E-state index in [0.29, 0.717) is 0 Å². The van der Waals surface area contributed by atoms with Gasteiger partial charge in [0.15, 0.2) is 0 Å². The molecule has 0 spiro atoms. The summed E-state index contributed by atoms with van der Waals surface area (Å²) in [5.41, 5.74) is 0.454. The molecule has 1 aromatic heterocycles. The number of hydrogen-bond acceptors (Lipinski definition) is 3. The lowest BCUT2D eigenvalue weighted by Gasteiger charge is -2.08. The van der Waals surface area contributed by atoms with Crippen molar-refractivity contribution in [2.24, 2.45) is 7.05 Å². The lowest BCUT2D eigenvalue weighted by molar-refractivity contribution is 0.0974. The number of carbonyl (C=O) groups excluding carboxylic acids is 1. The van der Waals surface area contributed by atoms with Crippen molar-refractivity contribution < 1.29 is 9.18 Å². The minimum Gasteiger partial charge on any atom is -0.340 e. The zero-order chi connectivity index (χ0) is 14.0. The Labute approximate surface area is 114 Å². The zero-order valence-corrected chi connectivity index (χ0v) is 10.7. The van der Waals surface area contributed by atoms with Crippen LogP contribution in [0.25, 0.3) is 0 Å². The normalized spacial score (nSPS) is 11.9. The summed E-state index contributed by atoms with van der Waals surface area (Å²) < 4.78 is 14.6. The largest absolute Gasteiger partial charge is 0.340 e. The summed E-state index contributed by atoms with van der Waals surface area (Å²) >= 11 is 5.87. The van der Waals surface area contributed by atoms with E-state index in [9.17, 15) is 9.18 Å². The third-order valence-electron chi connectivity index (χ3n) is 2.62. The Morgan fingerprint density at radius 3 is 2.84 bits per heavy atom. The summed E-state index contributed by atoms with van der Waals surface area (Å²) in [5.74, 6) is -2.07. The van der Waals surface area contributed by atoms with Crippen molar-refractivity contribution in [2.45, 2.75) is 5.92 Å². The molecule has 1 atom stereocenters. The topological polar surface area (TPSA) is 58.7 Å². The number of aromatic nitrogens is 2. The highest BCUT2D eigenvalue weighted by atomic mass is 35.5. The van der Waals surface area contributed by atoms with Gasteiger partial charge in [-0.05, 0) is 17.7 Å². The number of aryl methyl sites for hydroxylation is 1. The number of halogens is 2. The molecule has 4 nitrogen and oxygen atoms in total. The average Bonchev–Trinajstić information content (AvgIpc) is 2.79. The molecule has 0 amide bonds. The molecule has 19 heavy (non-hydrogen) atoms. The van der Waals surface area contributed by atoms with E-state index in [1.807, 2.05) is 6.07 Å². The second kappa shape index (κ2) is 5.21. The fourth-order valence-corrected chi connectivity index (χ4v) is 1.97. The van der Waals surface area contributed by atoms with Crippen LogP contribution in [0.4, 0.5) is 4.39 Å². The van der Waals surface area contributed by atoms with E-state index >= 15 is 0 Å². The molecule has 1 unspecified atom stereocenters. The molecule has 0 aliphatic carbocycles. The van der Waals surface area contributed by atoms with Crippen LogP contribution in [0.2, 0.25) is 5.02 Å². The van der Waals surface area contributed by atoms with Gasteiger partial charge in [-0.3, -0.25) is 4.79 Å². The molecular formula is C13H9ClFN3O. The van der Waals surface area contributed by atoms with E-state index in [1.165, 1.54) is 18.6 Å². The first-order valence-electron chi connectivity index (χ1n) is 5.39. The summed E-state index contributed by atoms with van der Waals surface area (Å²) in [6.45, 7) is 0. The van der Waals surface area contributed by atoms with Gasteiger partial charge in [-0.15, -0.1) is 0 Å². The number of imidazole rings is 1. The molecule has 0 saturated heterocycles. The summed E-state index contributed by atoms with van der Waals surface area (Å²) in [4.78, 5) is 16.1. The number of ketones is 1. The molecule has 96 valence electrons. The summed E-state index contributed by atoms with van der Waals surface area (Å²) in [6.07, 6.45) is 2.98. The summed E-state index contributed by atoms with van der Waals surface area (Å²) in [6, 6.07) is 5.46. The molecule has 0 aliphatic rings. The van der Waals surface area contributed by atoms with E-state index in [-0.39, 0.29) is 16.3 Å². The predicted molar refractivity (Wildman–Crippen MR) is 67.3 cm³/mol. The van der Waals surface area contributed by atoms with Crippen molar-refractivity contribution in [3.05, 3.63) is 52.8 Å². The van der Waals surface area contributed by atoms with E-state index in [1.54, 1.807) is 11.6 Å². The maximum atomic E-state index is 13.0. The number of nitrogens with zero attached hydrogens (tertiary/aromatic N) is 3. The molecule has 1 aromatic carbocycles. The monoisotopic (exact) mass is 277 g/mol. The Hall–Kier alpha value is -2.19. The van der Waals surface area contributed by atoms with Crippen LogP contribution in [-0.2, 0) is 7.05 Å². The van der Waals surface area contributed by atoms with Crippen LogP contribution in [0.15, 0.2) is 30.7 Å². The Morgan fingerprint density at radius 1 is 1.58 bits per heavy atom. The van der Waals surface area contributed by atoms with Gasteiger partial charge < -0.3 is 4.57 Å². The summed E-state index contributed by atoms with van der Waals surface area (Å²) in [5, 5.41) is 9.21. The first kappa shape index (κ1) is 13.2. The maximum absolute atomic E-state index is 13.0. The first-order chi connectivity index (χ1) is 9.02. The van der Waals surface area contributed by atoms with E-state index in [4.69, 9.17) is 16.9 Å². The van der Waals surface area contributed by atoms with Gasteiger partial charge in [-0.25, -0.2) is 9.37 Å². The van der Waals surface area contributed by atoms with E-state index in [0.717, 1.165) is 12.1 Å². The van der Waals surface area contributed by atoms with Crippen LogP contribution in [0.3, 0.4) is 0 Å². The van der Waals surface area contributed by atoms with Gasteiger partial charge in [-0.2, -0.15) is 5.26 Å². The highest BCUT2D eigenvalue weighted by Crippen LogP contribution is 2.27. The van der Waals surface area contributed by atoms with Gasteiger partial charge in [0.1, 0.15) is 17.4 Å². The first-order valence-corrected chi connectivity index (χ1v) is 5.77. The van der Waals surface area contributed by atoms with Crippen LogP contribution in [-0.4, -0.2) is 15.3 Å². The zero-order valence-electron chi connectivity index (χ0n) is 9.97. The SMILES string of the molecule is Cn1cnc(C(=O)C(C#N)c2ccc(F)cc2Cl)c1. The molecule has 1 heterocycles. The number of rotatable bonds is 3. The highest BCUT2D eigenvalue weighted by molar-refractivity contribution is 6.31. The van der Waals surface area contributed by atoms with Crippen molar-refractivity contribution in [1.82, 2.24) is 9.55 Å². The second-order valence-electron chi connectivity index (χ2n) is 4.02. The third-order valence-corrected chi connectivity index (χ3v) is 2.95. The van der Waals surface area contributed by atoms with Crippen molar-refractivity contribution in [3.8, 4) is 6.07 Å². The fraction of sp³-hybridized carbons (Fsp3) is 0.154. The Bertz CT molecular complexity index is 675. The van der Waals surface area contributed by atoms with Crippen molar-refractivity contribution >= 4 is 17.4 Å². The molecule has 0 radical (unpaired) electrons. The van der Waals surface area contributed by atoms with Crippen molar-refractivity contribution in [2.75, 3.05) is 0 Å². The van der Waals surface area contributed by atoms with Gasteiger partial charge >= 0.3 is 0 Å². The predicted octanol–water partition coefficient (Wildman–Crippen LogP) is 2.70. The molecule has 2 rings (SSSR count). The molecule has 0 saturated carbocycles. The molecule has 0 fully saturated rings. The molecule has 0 N–H and O–H groups in total. The van der Waals surface area contributed by atoms with Crippen LogP contribution >= 0.6 is 11.6 Å². The molecule has 0 bridgehead atoms. The Kier molecular flexibility index (Phi) is 3.63. The van der Waals surface area contributed by atoms with E-state index < -0.39 is 17.5 Å². The maximum Gasteiger partial charge on any atom is 0.204 e. The van der Waals surface area contributed by atoms with Crippen molar-refractivity contribution in [1.29, 1.82) is 5.26 Å². The molecule has 0 aliphatic heterocycles. The fourth-order valence-electron chi connectivity index (χ4n) is 1.69. The smallest absolute Gasteiger partial charge is 0.204 e. The van der Waals surface area contributed by atoms with Gasteiger partial charge in [0.05, 0.1) is 12.4 Å². The number of Topliss-reactive ketones (excluding diaryl/α,β-unsaturated/α-hetero) is 1. The number of benzene rings is 1. The van der Waals surface area contributed by atoms with E-state index in [2.05, 4.69) is 4.98 Å². The van der Waals surface area contributed by atoms with Gasteiger partial charge in [-0.1, -0.05) is 17.7 Å². The Morgan fingerprint density at radius 2 is 2.32 bits per heavy atom. The average molecular weight is 278 g/mol. The molecule has 6 heteroatoms. The van der Waals surface area contributed by atoms with Crippen LogP contribution < -0.4 is 0 Å². The highest BCUT2D eigenvalue weighted by Gasteiger charge is 2.25. The van der Waals surface area contributed by atoms with Crippen LogP contribution in [0, 0.1) is 17.1 Å². The van der Waals surface area contributed by atoms with Gasteiger partial charge in [0, 0.05) is 18.3 Å². The van der Waals surface area contributed by atoms with Gasteiger partial charge in [0.2, 0.25) is 5.78 Å². The Balaban J connectivity index is 2.40. The number of carbonyl (C=O) groups is 1. The minimum absolute atomic E-state index is 0.0517. The number of nitriles is 1. The van der Waals surface area contributed by atoms with Crippen LogP contribution in [0.1, 0.15) is 22.0 Å². The lowest BCUT2D eigenvalue weighted by atomic mass is 9.94. The molecule has 2 aromatic rings. The van der Waals surface area contributed by atoms with Gasteiger partial charge in [0.25, 0.3) is 0 Å². The standard InChI is InChI=1S/C13H9ClFN3O/c1-18-6-12(17-7-18)13(19)10(5-16)9-3-2-8(15)4-11(9)14/h2-4,6-7,10H,1H3. The van der Waals surface area contributed by atoms with Crippen LogP contribution in [0.5, 0.6) is 0 Å². The minimum atomic E-state index is -1.09. The molecular weight excluding hydrogens is 269 g/mol. The second-order valence-corrected chi connectivity index (χ2v) is 4.42.